The van der Waals surface area contributed by atoms with E-state index in [-0.39, 0.29) is 0 Å². The molecule has 1 aliphatic rings. The molecular weight excluding hydrogens is 366 g/mol. The zero-order valence-electron chi connectivity index (χ0n) is 16.2. The molecule has 0 radical (unpaired) electrons. The first-order chi connectivity index (χ1) is 14.0. The number of rotatable bonds is 2. The summed E-state index contributed by atoms with van der Waals surface area (Å²) in [6.07, 6.45) is 0. The Bertz CT molecular complexity index is 1320. The summed E-state index contributed by atoms with van der Waals surface area (Å²) < 4.78 is 5.45. The summed E-state index contributed by atoms with van der Waals surface area (Å²) in [6.45, 7) is 1.81. The van der Waals surface area contributed by atoms with E-state index in [1.807, 2.05) is 49.3 Å². The van der Waals surface area contributed by atoms with Crippen molar-refractivity contribution < 1.29 is 14.1 Å². The van der Waals surface area contributed by atoms with Gasteiger partial charge in [0.2, 0.25) is 11.6 Å². The second-order valence-corrected chi connectivity index (χ2v) is 7.30. The van der Waals surface area contributed by atoms with Crippen molar-refractivity contribution in [2.24, 2.45) is 0 Å². The number of fused-ring (bicyclic) bond motifs is 4. The minimum atomic E-state index is -0.555. The molecular formula is C23H17N3O3. The van der Waals surface area contributed by atoms with Crippen LogP contribution in [0.2, 0.25) is 0 Å². The van der Waals surface area contributed by atoms with Gasteiger partial charge in [-0.25, -0.2) is 4.98 Å². The molecule has 1 aliphatic carbocycles. The van der Waals surface area contributed by atoms with Gasteiger partial charge in [-0.3, -0.25) is 9.59 Å². The van der Waals surface area contributed by atoms with Crippen LogP contribution in [0.1, 0.15) is 26.4 Å². The Morgan fingerprint density at radius 1 is 0.862 bits per heavy atom. The first-order valence-corrected chi connectivity index (χ1v) is 9.23. The van der Waals surface area contributed by atoms with E-state index in [9.17, 15) is 9.59 Å². The maximum Gasteiger partial charge on any atom is 0.259 e. The summed E-state index contributed by atoms with van der Waals surface area (Å²) in [4.78, 5) is 32.6. The normalized spacial score (nSPS) is 12.8. The number of pyridine rings is 1. The standard InChI is InChI=1S/C23H17N3O3/c1-12-17-18(13-8-10-14(11-9-13)26(2)3)19-20(24-23(17)29-25-12)15-6-4-5-7-16(15)21(27)22(19)28/h4-11H,1-3H3. The molecule has 5 rings (SSSR count). The number of carbonyl (C=O) groups excluding carboxylic acids is 2. The highest BCUT2D eigenvalue weighted by Gasteiger charge is 2.36. The number of anilines is 1. The molecule has 0 saturated carbocycles. The second-order valence-electron chi connectivity index (χ2n) is 7.30. The average molecular weight is 383 g/mol. The van der Waals surface area contributed by atoms with Gasteiger partial charge in [0.25, 0.3) is 5.71 Å². The van der Waals surface area contributed by atoms with E-state index < -0.39 is 11.6 Å². The first kappa shape index (κ1) is 17.3. The van der Waals surface area contributed by atoms with Gasteiger partial charge >= 0.3 is 0 Å². The van der Waals surface area contributed by atoms with Crippen LogP contribution in [0.15, 0.2) is 53.1 Å². The van der Waals surface area contributed by atoms with Crippen molar-refractivity contribution in [3.05, 3.63) is 65.4 Å². The van der Waals surface area contributed by atoms with Crippen molar-refractivity contribution in [3.8, 4) is 22.4 Å². The molecule has 0 aliphatic heterocycles. The summed E-state index contributed by atoms with van der Waals surface area (Å²) in [5.41, 5.74) is 5.23. The summed E-state index contributed by atoms with van der Waals surface area (Å²) >= 11 is 0. The quantitative estimate of drug-likeness (QED) is 0.480. The number of ketones is 2. The molecule has 0 N–H and O–H groups in total. The molecule has 0 atom stereocenters. The Morgan fingerprint density at radius 3 is 2.24 bits per heavy atom. The number of hydrogen-bond donors (Lipinski definition) is 0. The lowest BCUT2D eigenvalue weighted by Gasteiger charge is -2.20. The number of hydrogen-bond acceptors (Lipinski definition) is 6. The number of benzene rings is 2. The number of carbonyl (C=O) groups is 2. The molecule has 0 amide bonds. The van der Waals surface area contributed by atoms with Crippen LogP contribution in [-0.2, 0) is 0 Å². The topological polar surface area (TPSA) is 76.3 Å². The average Bonchev–Trinajstić information content (AvgIpc) is 3.11. The Morgan fingerprint density at radius 2 is 1.55 bits per heavy atom. The molecule has 2 aromatic heterocycles. The number of aromatic nitrogens is 2. The minimum absolute atomic E-state index is 0.310. The van der Waals surface area contributed by atoms with Crippen molar-refractivity contribution in [2.45, 2.75) is 6.92 Å². The monoisotopic (exact) mass is 383 g/mol. The zero-order chi connectivity index (χ0) is 20.3. The van der Waals surface area contributed by atoms with Gasteiger partial charge in [0, 0.05) is 36.5 Å². The van der Waals surface area contributed by atoms with E-state index in [1.54, 1.807) is 25.1 Å². The minimum Gasteiger partial charge on any atom is -0.378 e. The molecule has 0 saturated heterocycles. The highest BCUT2D eigenvalue weighted by atomic mass is 16.5. The summed E-state index contributed by atoms with van der Waals surface area (Å²) in [5, 5.41) is 4.71. The van der Waals surface area contributed by atoms with Gasteiger partial charge in [0.05, 0.1) is 22.3 Å². The second kappa shape index (κ2) is 6.10. The van der Waals surface area contributed by atoms with Crippen LogP contribution < -0.4 is 4.90 Å². The fourth-order valence-electron chi connectivity index (χ4n) is 3.88. The lowest BCUT2D eigenvalue weighted by Crippen LogP contribution is -2.23. The molecule has 0 spiro atoms. The van der Waals surface area contributed by atoms with Gasteiger partial charge in [0.15, 0.2) is 0 Å². The molecule has 0 fully saturated rings. The van der Waals surface area contributed by atoms with Crippen molar-refractivity contribution >= 4 is 28.4 Å². The number of nitrogens with zero attached hydrogens (tertiary/aromatic N) is 3. The van der Waals surface area contributed by atoms with Crippen molar-refractivity contribution in [3.63, 3.8) is 0 Å². The highest BCUT2D eigenvalue weighted by Crippen LogP contribution is 2.42. The molecule has 0 bridgehead atoms. The van der Waals surface area contributed by atoms with Gasteiger partial charge in [-0.1, -0.05) is 41.6 Å². The molecule has 6 heteroatoms. The SMILES string of the molecule is Cc1noc2nc3c(c(-c4ccc(N(C)C)cc4)c12)C(=O)C(=O)c1ccccc1-3. The largest absolute Gasteiger partial charge is 0.378 e. The maximum absolute atomic E-state index is 13.2. The van der Waals surface area contributed by atoms with E-state index in [1.165, 1.54) is 0 Å². The van der Waals surface area contributed by atoms with E-state index in [2.05, 4.69) is 10.1 Å². The Hall–Kier alpha value is -3.80. The predicted octanol–water partition coefficient (Wildman–Crippen LogP) is 4.31. The summed E-state index contributed by atoms with van der Waals surface area (Å²) in [7, 11) is 3.93. The Labute approximate surface area is 166 Å². The molecule has 29 heavy (non-hydrogen) atoms. The third-order valence-corrected chi connectivity index (χ3v) is 5.33. The lowest BCUT2D eigenvalue weighted by atomic mass is 9.82. The summed E-state index contributed by atoms with van der Waals surface area (Å²) in [6, 6.07) is 14.9. The number of aryl methyl sites for hydroxylation is 1. The fourth-order valence-corrected chi connectivity index (χ4v) is 3.88. The van der Waals surface area contributed by atoms with Gasteiger partial charge in [-0.2, -0.15) is 0 Å². The molecule has 4 aromatic rings. The molecule has 6 nitrogen and oxygen atoms in total. The van der Waals surface area contributed by atoms with Gasteiger partial charge in [0.1, 0.15) is 0 Å². The van der Waals surface area contributed by atoms with E-state index in [0.717, 1.165) is 11.3 Å². The van der Waals surface area contributed by atoms with Gasteiger partial charge in [-0.15, -0.1) is 0 Å². The molecule has 142 valence electrons. The zero-order valence-corrected chi connectivity index (χ0v) is 16.2. The smallest absolute Gasteiger partial charge is 0.259 e. The Balaban J connectivity index is 1.90. The van der Waals surface area contributed by atoms with E-state index in [4.69, 9.17) is 4.52 Å². The van der Waals surface area contributed by atoms with E-state index >= 15 is 0 Å². The Kier molecular flexibility index (Phi) is 3.64. The van der Waals surface area contributed by atoms with Crippen LogP contribution in [-0.4, -0.2) is 35.8 Å². The van der Waals surface area contributed by atoms with Gasteiger partial charge in [-0.05, 0) is 24.6 Å². The van der Waals surface area contributed by atoms with Crippen LogP contribution >= 0.6 is 0 Å². The third kappa shape index (κ3) is 2.42. The first-order valence-electron chi connectivity index (χ1n) is 9.23. The molecule has 0 unspecified atom stereocenters. The molecule has 2 aromatic carbocycles. The van der Waals surface area contributed by atoms with Crippen LogP contribution in [0, 0.1) is 6.92 Å². The van der Waals surface area contributed by atoms with Crippen molar-refractivity contribution in [2.75, 3.05) is 19.0 Å². The lowest BCUT2D eigenvalue weighted by molar-refractivity contribution is 0.0815. The van der Waals surface area contributed by atoms with Gasteiger partial charge < -0.3 is 9.42 Å². The molecule has 2 heterocycles. The van der Waals surface area contributed by atoms with Crippen molar-refractivity contribution in [1.29, 1.82) is 0 Å². The maximum atomic E-state index is 13.2. The third-order valence-electron chi connectivity index (χ3n) is 5.33. The van der Waals surface area contributed by atoms with Crippen molar-refractivity contribution in [1.82, 2.24) is 10.1 Å². The van der Waals surface area contributed by atoms with Crippen LogP contribution in [0.5, 0.6) is 0 Å². The fraction of sp³-hybridized carbons (Fsp3) is 0.130. The van der Waals surface area contributed by atoms with E-state index in [0.29, 0.717) is 44.7 Å². The highest BCUT2D eigenvalue weighted by molar-refractivity contribution is 6.54. The van der Waals surface area contributed by atoms with Crippen LogP contribution in [0.4, 0.5) is 5.69 Å². The van der Waals surface area contributed by atoms with Crippen LogP contribution in [0.25, 0.3) is 33.5 Å². The number of Topliss-reactive ketones (excluding diaryl/α,β-unsaturated/α-hetero) is 2. The summed E-state index contributed by atoms with van der Waals surface area (Å²) in [5.74, 6) is -1.07. The predicted molar refractivity (Wildman–Crippen MR) is 110 cm³/mol. The van der Waals surface area contributed by atoms with Crippen LogP contribution in [0.3, 0.4) is 0 Å².